The van der Waals surface area contributed by atoms with Gasteiger partial charge in [-0.15, -0.1) is 0 Å². The highest BCUT2D eigenvalue weighted by atomic mass is 32.2. The first-order valence-corrected chi connectivity index (χ1v) is 8.39. The molecular weight excluding hydrogens is 302 g/mol. The topological polar surface area (TPSA) is 81.7 Å². The van der Waals surface area contributed by atoms with Gasteiger partial charge in [-0.3, -0.25) is 4.79 Å². The number of rotatable bonds is 4. The van der Waals surface area contributed by atoms with Crippen molar-refractivity contribution in [3.63, 3.8) is 0 Å². The molecule has 0 aromatic heterocycles. The van der Waals surface area contributed by atoms with Crippen LogP contribution in [0.5, 0.6) is 0 Å². The molecule has 6 nitrogen and oxygen atoms in total. The number of benzene rings is 1. The van der Waals surface area contributed by atoms with Crippen LogP contribution in [0, 0.1) is 0 Å². The van der Waals surface area contributed by atoms with Crippen molar-refractivity contribution in [3.8, 4) is 0 Å². The zero-order valence-electron chi connectivity index (χ0n) is 12.5. The first-order valence-electron chi connectivity index (χ1n) is 7.24. The molecular formula is C15H21N3O3S. The van der Waals surface area contributed by atoms with E-state index < -0.39 is 0 Å². The van der Waals surface area contributed by atoms with Crippen molar-refractivity contribution in [2.75, 3.05) is 35.3 Å². The molecule has 1 heterocycles. The third-order valence-corrected chi connectivity index (χ3v) is 4.48. The average molecular weight is 323 g/mol. The average Bonchev–Trinajstić information content (AvgIpc) is 2.47. The molecule has 0 aliphatic carbocycles. The van der Waals surface area contributed by atoms with Gasteiger partial charge in [0.05, 0.1) is 0 Å². The number of amides is 3. The smallest absolute Gasteiger partial charge is 0.322 e. The van der Waals surface area contributed by atoms with Crippen LogP contribution < -0.4 is 10.6 Å². The predicted octanol–water partition coefficient (Wildman–Crippen LogP) is 1.98. The van der Waals surface area contributed by atoms with Crippen molar-refractivity contribution in [1.29, 1.82) is 0 Å². The van der Waals surface area contributed by atoms with Gasteiger partial charge in [-0.1, -0.05) is 6.07 Å². The summed E-state index contributed by atoms with van der Waals surface area (Å²) in [5.74, 6) is 1.60. The Morgan fingerprint density at radius 3 is 2.77 bits per heavy atom. The molecule has 1 aromatic carbocycles. The fourth-order valence-electron chi connectivity index (χ4n) is 2.38. The molecule has 1 aromatic rings. The van der Waals surface area contributed by atoms with Crippen LogP contribution in [0.4, 0.5) is 16.2 Å². The molecule has 3 amide bonds. The molecule has 0 bridgehead atoms. The van der Waals surface area contributed by atoms with E-state index in [9.17, 15) is 9.59 Å². The maximum absolute atomic E-state index is 12.4. The van der Waals surface area contributed by atoms with Crippen LogP contribution in [0.25, 0.3) is 0 Å². The number of carbonyl (C=O) groups is 2. The molecule has 0 radical (unpaired) electrons. The normalized spacial score (nSPS) is 17.9. The SMILES string of the molecule is CC(=O)Nc1cccc(NC(=O)N2CCSC[C@@H]2CCO)c1. The highest BCUT2D eigenvalue weighted by Gasteiger charge is 2.26. The summed E-state index contributed by atoms with van der Waals surface area (Å²) >= 11 is 1.80. The van der Waals surface area contributed by atoms with E-state index in [0.717, 1.165) is 11.5 Å². The van der Waals surface area contributed by atoms with E-state index in [2.05, 4.69) is 10.6 Å². The third kappa shape index (κ3) is 4.64. The van der Waals surface area contributed by atoms with Gasteiger partial charge in [0.25, 0.3) is 0 Å². The summed E-state index contributed by atoms with van der Waals surface area (Å²) in [6.45, 7) is 2.19. The molecule has 1 aliphatic rings. The van der Waals surface area contributed by atoms with Crippen molar-refractivity contribution in [2.45, 2.75) is 19.4 Å². The zero-order chi connectivity index (χ0) is 15.9. The van der Waals surface area contributed by atoms with Gasteiger partial charge in [-0.05, 0) is 24.6 Å². The summed E-state index contributed by atoms with van der Waals surface area (Å²) in [5, 5.41) is 14.7. The van der Waals surface area contributed by atoms with Crippen LogP contribution in [-0.2, 0) is 4.79 Å². The lowest BCUT2D eigenvalue weighted by Crippen LogP contribution is -2.48. The van der Waals surface area contributed by atoms with Crippen molar-refractivity contribution in [2.24, 2.45) is 0 Å². The van der Waals surface area contributed by atoms with Gasteiger partial charge in [-0.2, -0.15) is 11.8 Å². The number of carbonyl (C=O) groups excluding carboxylic acids is 2. The quantitative estimate of drug-likeness (QED) is 0.791. The van der Waals surface area contributed by atoms with E-state index in [0.29, 0.717) is 24.3 Å². The van der Waals surface area contributed by atoms with Crippen LogP contribution in [0.3, 0.4) is 0 Å². The summed E-state index contributed by atoms with van der Waals surface area (Å²) in [6, 6.07) is 6.93. The first-order chi connectivity index (χ1) is 10.6. The standard InChI is InChI=1S/C15H21N3O3S/c1-11(20)16-12-3-2-4-13(9-12)17-15(21)18-6-8-22-10-14(18)5-7-19/h2-4,9,14,19H,5-8,10H2,1H3,(H,16,20)(H,17,21)/t14-/m0/s1. The van der Waals surface area contributed by atoms with Crippen LogP contribution in [0.1, 0.15) is 13.3 Å². The molecule has 1 atom stereocenters. The van der Waals surface area contributed by atoms with E-state index >= 15 is 0 Å². The Labute approximate surface area is 134 Å². The van der Waals surface area contributed by atoms with Gasteiger partial charge in [0.2, 0.25) is 5.91 Å². The molecule has 1 saturated heterocycles. The van der Waals surface area contributed by atoms with Gasteiger partial charge in [-0.25, -0.2) is 4.79 Å². The molecule has 0 saturated carbocycles. The number of anilines is 2. The molecule has 7 heteroatoms. The Bertz CT molecular complexity index is 537. The van der Waals surface area contributed by atoms with Crippen LogP contribution >= 0.6 is 11.8 Å². The monoisotopic (exact) mass is 323 g/mol. The minimum atomic E-state index is -0.168. The van der Waals surface area contributed by atoms with Crippen LogP contribution in [-0.4, -0.2) is 52.6 Å². The Morgan fingerprint density at radius 1 is 1.36 bits per heavy atom. The minimum absolute atomic E-state index is 0.0577. The molecule has 0 unspecified atom stereocenters. The highest BCUT2D eigenvalue weighted by molar-refractivity contribution is 7.99. The van der Waals surface area contributed by atoms with Crippen molar-refractivity contribution in [3.05, 3.63) is 24.3 Å². The zero-order valence-corrected chi connectivity index (χ0v) is 13.4. The summed E-state index contributed by atoms with van der Waals surface area (Å²) in [5.41, 5.74) is 1.28. The van der Waals surface area contributed by atoms with Gasteiger partial charge >= 0.3 is 6.03 Å². The van der Waals surface area contributed by atoms with E-state index in [1.54, 1.807) is 40.9 Å². The summed E-state index contributed by atoms with van der Waals surface area (Å²) in [6.07, 6.45) is 0.590. The number of thioether (sulfide) groups is 1. The number of hydrogen-bond donors (Lipinski definition) is 3. The third-order valence-electron chi connectivity index (χ3n) is 3.38. The highest BCUT2D eigenvalue weighted by Crippen LogP contribution is 2.21. The number of nitrogens with zero attached hydrogens (tertiary/aromatic N) is 1. The Morgan fingerprint density at radius 2 is 2.09 bits per heavy atom. The first kappa shape index (κ1) is 16.6. The lowest BCUT2D eigenvalue weighted by Gasteiger charge is -2.35. The summed E-state index contributed by atoms with van der Waals surface area (Å²) in [4.78, 5) is 25.3. The molecule has 22 heavy (non-hydrogen) atoms. The number of hydrogen-bond acceptors (Lipinski definition) is 4. The number of nitrogens with one attached hydrogen (secondary N) is 2. The largest absolute Gasteiger partial charge is 0.396 e. The molecule has 120 valence electrons. The molecule has 0 spiro atoms. The van der Waals surface area contributed by atoms with Crippen molar-refractivity contribution < 1.29 is 14.7 Å². The fraction of sp³-hybridized carbons (Fsp3) is 0.467. The number of aliphatic hydroxyl groups is 1. The lowest BCUT2D eigenvalue weighted by atomic mass is 10.2. The minimum Gasteiger partial charge on any atom is -0.396 e. The summed E-state index contributed by atoms with van der Waals surface area (Å²) in [7, 11) is 0. The molecule has 1 fully saturated rings. The predicted molar refractivity (Wildman–Crippen MR) is 89.3 cm³/mol. The second-order valence-corrected chi connectivity index (χ2v) is 6.28. The number of urea groups is 1. The molecule has 3 N–H and O–H groups in total. The second-order valence-electron chi connectivity index (χ2n) is 5.13. The molecule has 2 rings (SSSR count). The van der Waals surface area contributed by atoms with Crippen LogP contribution in [0.15, 0.2) is 24.3 Å². The van der Waals surface area contributed by atoms with E-state index in [1.165, 1.54) is 6.92 Å². The fourth-order valence-corrected chi connectivity index (χ4v) is 3.49. The van der Waals surface area contributed by atoms with Gasteiger partial charge in [0, 0.05) is 49.0 Å². The Balaban J connectivity index is 2.02. The van der Waals surface area contributed by atoms with Crippen LogP contribution in [0.2, 0.25) is 0 Å². The maximum Gasteiger partial charge on any atom is 0.322 e. The Kier molecular flexibility index (Phi) is 6.09. The summed E-state index contributed by atoms with van der Waals surface area (Å²) < 4.78 is 0. The van der Waals surface area contributed by atoms with E-state index in [-0.39, 0.29) is 24.6 Å². The van der Waals surface area contributed by atoms with Gasteiger partial charge in [0.1, 0.15) is 0 Å². The second kappa shape index (κ2) is 8.05. The maximum atomic E-state index is 12.4. The van der Waals surface area contributed by atoms with E-state index in [4.69, 9.17) is 5.11 Å². The lowest BCUT2D eigenvalue weighted by molar-refractivity contribution is -0.114. The Hall–Kier alpha value is -1.73. The van der Waals surface area contributed by atoms with Gasteiger partial charge < -0.3 is 20.6 Å². The van der Waals surface area contributed by atoms with Gasteiger partial charge in [0.15, 0.2) is 0 Å². The van der Waals surface area contributed by atoms with Crippen molar-refractivity contribution >= 4 is 35.1 Å². The van der Waals surface area contributed by atoms with E-state index in [1.807, 2.05) is 0 Å². The van der Waals surface area contributed by atoms with Crippen molar-refractivity contribution in [1.82, 2.24) is 4.90 Å². The number of aliphatic hydroxyl groups excluding tert-OH is 1. The molecule has 1 aliphatic heterocycles.